The topological polar surface area (TPSA) is 38.0 Å². The summed E-state index contributed by atoms with van der Waals surface area (Å²) >= 11 is 0. The van der Waals surface area contributed by atoms with Gasteiger partial charge in [-0.2, -0.15) is 0 Å². The highest BCUT2D eigenvalue weighted by Gasteiger charge is 2.30. The van der Waals surface area contributed by atoms with Crippen LogP contribution in [-0.4, -0.2) is 18.6 Å². The van der Waals surface area contributed by atoms with Gasteiger partial charge in [0.15, 0.2) is 0 Å². The van der Waals surface area contributed by atoms with Crippen molar-refractivity contribution in [3.8, 4) is 0 Å². The molecule has 1 rings (SSSR count). The molecule has 0 aromatic heterocycles. The summed E-state index contributed by atoms with van der Waals surface area (Å²) in [6, 6.07) is 0. The molecule has 0 aromatic carbocycles. The highest BCUT2D eigenvalue weighted by molar-refractivity contribution is 4.91. The van der Waals surface area contributed by atoms with Gasteiger partial charge < -0.3 is 11.1 Å². The van der Waals surface area contributed by atoms with Crippen LogP contribution in [0.3, 0.4) is 0 Å². The van der Waals surface area contributed by atoms with Gasteiger partial charge in [0.1, 0.15) is 0 Å². The maximum Gasteiger partial charge on any atom is 0.0283 e. The molecule has 2 nitrogen and oxygen atoms in total. The second kappa shape index (κ2) is 5.72. The molecule has 0 aliphatic heterocycles. The lowest BCUT2D eigenvalue weighted by Crippen LogP contribution is -2.51. The van der Waals surface area contributed by atoms with Gasteiger partial charge in [-0.3, -0.25) is 0 Å². The third-order valence-electron chi connectivity index (χ3n) is 3.31. The summed E-state index contributed by atoms with van der Waals surface area (Å²) in [6.07, 6.45) is 7.62. The molecular weight excluding hydrogens is 172 g/mol. The van der Waals surface area contributed by atoms with E-state index in [9.17, 15) is 0 Å². The summed E-state index contributed by atoms with van der Waals surface area (Å²) in [6.45, 7) is 6.69. The fourth-order valence-corrected chi connectivity index (χ4v) is 2.50. The molecule has 14 heavy (non-hydrogen) atoms. The van der Waals surface area contributed by atoms with E-state index in [1.807, 2.05) is 0 Å². The minimum absolute atomic E-state index is 0.0887. The number of nitrogens with one attached hydrogen (secondary N) is 1. The molecule has 0 radical (unpaired) electrons. The van der Waals surface area contributed by atoms with E-state index in [0.29, 0.717) is 0 Å². The van der Waals surface area contributed by atoms with Crippen molar-refractivity contribution in [3.05, 3.63) is 0 Å². The van der Waals surface area contributed by atoms with Crippen molar-refractivity contribution in [3.63, 3.8) is 0 Å². The van der Waals surface area contributed by atoms with Crippen LogP contribution in [0.15, 0.2) is 0 Å². The highest BCUT2D eigenvalue weighted by Crippen LogP contribution is 2.29. The van der Waals surface area contributed by atoms with Crippen molar-refractivity contribution in [1.29, 1.82) is 0 Å². The normalized spacial score (nSPS) is 33.2. The van der Waals surface area contributed by atoms with Gasteiger partial charge in [0.25, 0.3) is 0 Å². The zero-order valence-corrected chi connectivity index (χ0v) is 9.81. The molecule has 0 saturated heterocycles. The average molecular weight is 198 g/mol. The molecule has 3 N–H and O–H groups in total. The highest BCUT2D eigenvalue weighted by atomic mass is 14.9. The first-order valence-electron chi connectivity index (χ1n) is 6.16. The lowest BCUT2D eigenvalue weighted by Gasteiger charge is -2.37. The predicted molar refractivity (Wildman–Crippen MR) is 62.3 cm³/mol. The molecule has 1 saturated carbocycles. The molecule has 0 heterocycles. The van der Waals surface area contributed by atoms with E-state index in [1.54, 1.807) is 0 Å². The number of nitrogens with two attached hydrogens (primary N) is 1. The summed E-state index contributed by atoms with van der Waals surface area (Å²) in [7, 11) is 0. The van der Waals surface area contributed by atoms with Gasteiger partial charge in [0.2, 0.25) is 0 Å². The fraction of sp³-hybridized carbons (Fsp3) is 1.00. The Labute approximate surface area is 88.6 Å². The summed E-state index contributed by atoms with van der Waals surface area (Å²) in [5, 5.41) is 3.49. The van der Waals surface area contributed by atoms with Crippen molar-refractivity contribution in [2.75, 3.05) is 13.1 Å². The third kappa shape index (κ3) is 3.97. The van der Waals surface area contributed by atoms with Crippen molar-refractivity contribution in [2.45, 2.75) is 57.9 Å². The quantitative estimate of drug-likeness (QED) is 0.665. The lowest BCUT2D eigenvalue weighted by molar-refractivity contribution is 0.229. The molecule has 0 bridgehead atoms. The van der Waals surface area contributed by atoms with Crippen LogP contribution < -0.4 is 11.1 Å². The van der Waals surface area contributed by atoms with Gasteiger partial charge in [-0.15, -0.1) is 0 Å². The monoisotopic (exact) mass is 198 g/mol. The van der Waals surface area contributed by atoms with E-state index >= 15 is 0 Å². The van der Waals surface area contributed by atoms with E-state index in [-0.39, 0.29) is 5.54 Å². The van der Waals surface area contributed by atoms with Crippen LogP contribution in [0.25, 0.3) is 0 Å². The molecule has 2 heteroatoms. The molecule has 0 spiro atoms. The van der Waals surface area contributed by atoms with Gasteiger partial charge in [0.05, 0.1) is 0 Å². The zero-order valence-electron chi connectivity index (χ0n) is 9.81. The second-order valence-electron chi connectivity index (χ2n) is 5.09. The van der Waals surface area contributed by atoms with E-state index in [4.69, 9.17) is 5.73 Å². The summed E-state index contributed by atoms with van der Waals surface area (Å²) < 4.78 is 0. The van der Waals surface area contributed by atoms with Crippen LogP contribution in [-0.2, 0) is 0 Å². The van der Waals surface area contributed by atoms with Gasteiger partial charge in [-0.05, 0) is 31.7 Å². The van der Waals surface area contributed by atoms with Crippen molar-refractivity contribution in [1.82, 2.24) is 5.32 Å². The van der Waals surface area contributed by atoms with Crippen molar-refractivity contribution < 1.29 is 0 Å². The second-order valence-corrected chi connectivity index (χ2v) is 5.09. The summed E-state index contributed by atoms with van der Waals surface area (Å²) in [4.78, 5) is 0. The maximum atomic E-state index is 6.37. The Kier molecular flexibility index (Phi) is 4.90. The van der Waals surface area contributed by atoms with Crippen LogP contribution in [0.2, 0.25) is 0 Å². The van der Waals surface area contributed by atoms with Gasteiger partial charge in [0, 0.05) is 12.1 Å². The molecule has 0 aromatic rings. The third-order valence-corrected chi connectivity index (χ3v) is 3.31. The van der Waals surface area contributed by atoms with E-state index in [2.05, 4.69) is 19.2 Å². The molecule has 2 unspecified atom stereocenters. The average Bonchev–Trinajstić information content (AvgIpc) is 2.12. The maximum absolute atomic E-state index is 6.37. The number of hydrogen-bond donors (Lipinski definition) is 2. The Morgan fingerprint density at radius 1 is 1.50 bits per heavy atom. The van der Waals surface area contributed by atoms with Gasteiger partial charge in [-0.1, -0.05) is 33.1 Å². The van der Waals surface area contributed by atoms with Crippen LogP contribution in [0.1, 0.15) is 52.4 Å². The largest absolute Gasteiger partial charge is 0.324 e. The molecular formula is C12H26N2. The minimum atomic E-state index is 0.0887. The van der Waals surface area contributed by atoms with Crippen molar-refractivity contribution in [2.24, 2.45) is 11.7 Å². The van der Waals surface area contributed by atoms with Crippen LogP contribution in [0.5, 0.6) is 0 Å². The first kappa shape index (κ1) is 12.0. The van der Waals surface area contributed by atoms with Crippen LogP contribution in [0.4, 0.5) is 0 Å². The summed E-state index contributed by atoms with van der Waals surface area (Å²) in [5.74, 6) is 0.821. The SMILES string of the molecule is CCCCNCC1(N)CCCC(C)C1. The fourth-order valence-electron chi connectivity index (χ4n) is 2.50. The Hall–Kier alpha value is -0.0800. The first-order valence-corrected chi connectivity index (χ1v) is 6.16. The Morgan fingerprint density at radius 3 is 2.93 bits per heavy atom. The first-order chi connectivity index (χ1) is 6.66. The lowest BCUT2D eigenvalue weighted by atomic mass is 9.77. The molecule has 1 aliphatic carbocycles. The van der Waals surface area contributed by atoms with E-state index in [1.165, 1.54) is 38.5 Å². The minimum Gasteiger partial charge on any atom is -0.324 e. The Balaban J connectivity index is 2.19. The van der Waals surface area contributed by atoms with E-state index in [0.717, 1.165) is 19.0 Å². The van der Waals surface area contributed by atoms with Crippen LogP contribution in [0, 0.1) is 5.92 Å². The Bertz CT molecular complexity index is 158. The van der Waals surface area contributed by atoms with E-state index < -0.39 is 0 Å². The molecule has 0 amide bonds. The molecule has 2 atom stereocenters. The van der Waals surface area contributed by atoms with Gasteiger partial charge in [-0.25, -0.2) is 0 Å². The molecule has 84 valence electrons. The number of rotatable bonds is 5. The molecule has 1 aliphatic rings. The Morgan fingerprint density at radius 2 is 2.29 bits per heavy atom. The summed E-state index contributed by atoms with van der Waals surface area (Å²) in [5.41, 5.74) is 6.46. The number of unbranched alkanes of at least 4 members (excludes halogenated alkanes) is 1. The standard InChI is InChI=1S/C12H26N2/c1-3-4-8-14-10-12(13)7-5-6-11(2)9-12/h11,14H,3-10,13H2,1-2H3. The van der Waals surface area contributed by atoms with Gasteiger partial charge >= 0.3 is 0 Å². The number of hydrogen-bond acceptors (Lipinski definition) is 2. The van der Waals surface area contributed by atoms with Crippen molar-refractivity contribution >= 4 is 0 Å². The van der Waals surface area contributed by atoms with Crippen LogP contribution >= 0.6 is 0 Å². The molecule has 1 fully saturated rings. The zero-order chi connectivity index (χ0) is 10.4. The predicted octanol–water partition coefficient (Wildman–Crippen LogP) is 2.28. The smallest absolute Gasteiger partial charge is 0.0283 e.